The molecule has 0 radical (unpaired) electrons. The van der Waals surface area contributed by atoms with E-state index in [1.807, 2.05) is 6.07 Å². The summed E-state index contributed by atoms with van der Waals surface area (Å²) in [6.07, 6.45) is 2.70. The lowest BCUT2D eigenvalue weighted by Crippen LogP contribution is -2.32. The van der Waals surface area contributed by atoms with E-state index in [1.165, 1.54) is 12.1 Å². The molecule has 1 aromatic carbocycles. The van der Waals surface area contributed by atoms with E-state index in [0.29, 0.717) is 35.7 Å². The summed E-state index contributed by atoms with van der Waals surface area (Å²) in [4.78, 5) is 0.194. The van der Waals surface area contributed by atoms with E-state index in [0.717, 1.165) is 0 Å². The van der Waals surface area contributed by atoms with Crippen molar-refractivity contribution in [2.45, 2.75) is 43.1 Å². The topological polar surface area (TPSA) is 78.2 Å². The van der Waals surface area contributed by atoms with Gasteiger partial charge in [0.25, 0.3) is 0 Å². The third-order valence-corrected chi connectivity index (χ3v) is 6.63. The summed E-state index contributed by atoms with van der Waals surface area (Å²) in [5.74, 6) is 0.152. The molecule has 114 valence electrons. The Balaban J connectivity index is 2.14. The average Bonchev–Trinajstić information content (AvgIpc) is 2.41. The highest BCUT2D eigenvalue weighted by atomic mass is 79.9. The van der Waals surface area contributed by atoms with Crippen molar-refractivity contribution in [3.05, 3.63) is 28.2 Å². The van der Waals surface area contributed by atoms with Crippen molar-refractivity contribution < 1.29 is 13.5 Å². The monoisotopic (exact) mass is 371 g/mol. The first-order valence-corrected chi connectivity index (χ1v) is 9.33. The molecule has 1 saturated carbocycles. The third-order valence-electron chi connectivity index (χ3n) is 4.05. The number of benzene rings is 1. The van der Waals surface area contributed by atoms with E-state index in [9.17, 15) is 13.5 Å². The van der Waals surface area contributed by atoms with E-state index in [-0.39, 0.29) is 16.6 Å². The molecule has 1 N–H and O–H groups in total. The maximum Gasteiger partial charge on any atom is 0.178 e. The molecule has 6 heteroatoms. The first-order valence-electron chi connectivity index (χ1n) is 6.88. The summed E-state index contributed by atoms with van der Waals surface area (Å²) in [5, 5.41) is 18.9. The van der Waals surface area contributed by atoms with Gasteiger partial charge in [0.05, 0.1) is 21.8 Å². The molecule has 0 bridgehead atoms. The molecule has 2 rings (SSSR count). The van der Waals surface area contributed by atoms with Crippen LogP contribution in [0.3, 0.4) is 0 Å². The van der Waals surface area contributed by atoms with Gasteiger partial charge in [0.1, 0.15) is 6.07 Å². The number of halogens is 1. The Bertz CT molecular complexity index is 667. The number of nitriles is 1. The smallest absolute Gasteiger partial charge is 0.178 e. The molecular formula is C15H18BrNO3S. The van der Waals surface area contributed by atoms with Crippen LogP contribution >= 0.6 is 15.9 Å². The van der Waals surface area contributed by atoms with Crippen LogP contribution in [0.2, 0.25) is 0 Å². The normalized spacial score (nSPS) is 26.3. The molecule has 0 amide bonds. The van der Waals surface area contributed by atoms with E-state index in [4.69, 9.17) is 5.26 Å². The van der Waals surface area contributed by atoms with Crippen LogP contribution in [0, 0.1) is 17.2 Å². The van der Waals surface area contributed by atoms with Gasteiger partial charge in [0.15, 0.2) is 9.84 Å². The maximum atomic E-state index is 12.5. The van der Waals surface area contributed by atoms with Gasteiger partial charge in [0, 0.05) is 4.47 Å². The van der Waals surface area contributed by atoms with Crippen molar-refractivity contribution in [1.29, 1.82) is 5.26 Å². The summed E-state index contributed by atoms with van der Waals surface area (Å²) < 4.78 is 25.5. The number of aliphatic hydroxyl groups is 1. The van der Waals surface area contributed by atoms with Crippen molar-refractivity contribution in [2.24, 2.45) is 5.92 Å². The van der Waals surface area contributed by atoms with E-state index < -0.39 is 15.4 Å². The van der Waals surface area contributed by atoms with Crippen molar-refractivity contribution >= 4 is 25.8 Å². The minimum absolute atomic E-state index is 0.0735. The summed E-state index contributed by atoms with van der Waals surface area (Å²) >= 11 is 3.22. The molecular weight excluding hydrogens is 354 g/mol. The van der Waals surface area contributed by atoms with Crippen molar-refractivity contribution in [1.82, 2.24) is 0 Å². The van der Waals surface area contributed by atoms with E-state index in [1.54, 1.807) is 13.0 Å². The molecule has 1 aliphatic carbocycles. The zero-order valence-corrected chi connectivity index (χ0v) is 14.2. The average molecular weight is 372 g/mol. The highest BCUT2D eigenvalue weighted by molar-refractivity contribution is 9.10. The zero-order valence-electron chi connectivity index (χ0n) is 11.8. The molecule has 1 fully saturated rings. The first kappa shape index (κ1) is 16.5. The summed E-state index contributed by atoms with van der Waals surface area (Å²) in [7, 11) is -3.40. The zero-order chi connectivity index (χ0) is 15.7. The Labute approximate surface area is 133 Å². The Morgan fingerprint density at radius 1 is 1.43 bits per heavy atom. The van der Waals surface area contributed by atoms with E-state index >= 15 is 0 Å². The minimum atomic E-state index is -3.40. The van der Waals surface area contributed by atoms with Crippen LogP contribution < -0.4 is 0 Å². The van der Waals surface area contributed by atoms with Crippen LogP contribution in [0.25, 0.3) is 0 Å². The SMILES string of the molecule is CC1(O)CCC(CS(=O)(=O)c2ccc(Br)c(C#N)c2)CC1. The lowest BCUT2D eigenvalue weighted by Gasteiger charge is -2.32. The van der Waals surface area contributed by atoms with E-state index in [2.05, 4.69) is 15.9 Å². The van der Waals surface area contributed by atoms with Gasteiger partial charge in [-0.2, -0.15) is 5.26 Å². The van der Waals surface area contributed by atoms with Gasteiger partial charge < -0.3 is 5.11 Å². The van der Waals surface area contributed by atoms with Crippen LogP contribution in [-0.2, 0) is 9.84 Å². The van der Waals surface area contributed by atoms with Gasteiger partial charge in [-0.25, -0.2) is 8.42 Å². The first-order chi connectivity index (χ1) is 9.73. The highest BCUT2D eigenvalue weighted by Gasteiger charge is 2.31. The standard InChI is InChI=1S/C15H18BrNO3S/c1-15(18)6-4-11(5-7-15)10-21(19,20)13-2-3-14(16)12(8-13)9-17/h2-3,8,11,18H,4-7,10H2,1H3. The Morgan fingerprint density at radius 2 is 2.05 bits per heavy atom. The van der Waals surface area contributed by atoms with Gasteiger partial charge >= 0.3 is 0 Å². The predicted octanol–water partition coefficient (Wildman–Crippen LogP) is 3.04. The fourth-order valence-corrected chi connectivity index (χ4v) is 4.71. The summed E-state index contributed by atoms with van der Waals surface area (Å²) in [6, 6.07) is 6.51. The van der Waals surface area contributed by atoms with Gasteiger partial charge in [-0.05, 0) is 72.7 Å². The number of nitrogens with zero attached hydrogens (tertiary/aromatic N) is 1. The maximum absolute atomic E-state index is 12.5. The molecule has 1 aliphatic rings. The van der Waals surface area contributed by atoms with Crippen LogP contribution in [-0.4, -0.2) is 24.9 Å². The quantitative estimate of drug-likeness (QED) is 0.885. The largest absolute Gasteiger partial charge is 0.390 e. The number of hydrogen-bond donors (Lipinski definition) is 1. The predicted molar refractivity (Wildman–Crippen MR) is 83.5 cm³/mol. The van der Waals surface area contributed by atoms with Crippen molar-refractivity contribution in [3.8, 4) is 6.07 Å². The van der Waals surface area contributed by atoms with Crippen LogP contribution in [0.15, 0.2) is 27.6 Å². The molecule has 0 heterocycles. The van der Waals surface area contributed by atoms with Crippen LogP contribution in [0.5, 0.6) is 0 Å². The Hall–Kier alpha value is -0.900. The molecule has 0 aromatic heterocycles. The fraction of sp³-hybridized carbons (Fsp3) is 0.533. The molecule has 0 saturated heterocycles. The number of rotatable bonds is 3. The molecule has 0 spiro atoms. The van der Waals surface area contributed by atoms with Gasteiger partial charge in [-0.1, -0.05) is 0 Å². The van der Waals surface area contributed by atoms with Gasteiger partial charge in [-0.15, -0.1) is 0 Å². The lowest BCUT2D eigenvalue weighted by atomic mass is 9.81. The van der Waals surface area contributed by atoms with Crippen molar-refractivity contribution in [3.63, 3.8) is 0 Å². The molecule has 4 nitrogen and oxygen atoms in total. The summed E-state index contributed by atoms with van der Waals surface area (Å²) in [6.45, 7) is 1.80. The minimum Gasteiger partial charge on any atom is -0.390 e. The van der Waals surface area contributed by atoms with Gasteiger partial charge in [0.2, 0.25) is 0 Å². The van der Waals surface area contributed by atoms with Crippen LogP contribution in [0.1, 0.15) is 38.2 Å². The second kappa shape index (κ2) is 6.07. The number of sulfone groups is 1. The lowest BCUT2D eigenvalue weighted by molar-refractivity contribution is 0.0108. The molecule has 1 aromatic rings. The summed E-state index contributed by atoms with van der Waals surface area (Å²) in [5.41, 5.74) is -0.339. The third kappa shape index (κ3) is 4.06. The fourth-order valence-electron chi connectivity index (χ4n) is 2.66. The second-order valence-electron chi connectivity index (χ2n) is 5.98. The molecule has 0 aliphatic heterocycles. The van der Waals surface area contributed by atoms with Crippen LogP contribution in [0.4, 0.5) is 0 Å². The second-order valence-corrected chi connectivity index (χ2v) is 8.86. The molecule has 0 atom stereocenters. The Kier molecular flexibility index (Phi) is 4.76. The number of hydrogen-bond acceptors (Lipinski definition) is 4. The molecule has 21 heavy (non-hydrogen) atoms. The van der Waals surface area contributed by atoms with Gasteiger partial charge in [-0.3, -0.25) is 0 Å². The highest BCUT2D eigenvalue weighted by Crippen LogP contribution is 2.33. The molecule has 0 unspecified atom stereocenters. The van der Waals surface area contributed by atoms with Crippen molar-refractivity contribution in [2.75, 3.05) is 5.75 Å². The Morgan fingerprint density at radius 3 is 2.62 bits per heavy atom.